The number of carbonyl (C=O) groups excluding carboxylic acids is 3. The molecule has 0 aromatic heterocycles. The first kappa shape index (κ1) is 32.0. The quantitative estimate of drug-likeness (QED) is 0.188. The number of amides is 3. The van der Waals surface area contributed by atoms with E-state index in [1.54, 1.807) is 54.6 Å². The second-order valence-corrected chi connectivity index (χ2v) is 9.28. The third-order valence-corrected chi connectivity index (χ3v) is 6.65. The smallest absolute Gasteiger partial charge is 0.259 e. The lowest BCUT2D eigenvalue weighted by Crippen LogP contribution is -2.17. The predicted molar refractivity (Wildman–Crippen MR) is 169 cm³/mol. The van der Waals surface area contributed by atoms with E-state index in [9.17, 15) is 14.4 Å². The minimum atomic E-state index is -0.518. The summed E-state index contributed by atoms with van der Waals surface area (Å²) in [4.78, 5) is 40.2. The summed E-state index contributed by atoms with van der Waals surface area (Å²) in [5.41, 5.74) is 1.40. The third kappa shape index (κ3) is 7.02. The summed E-state index contributed by atoms with van der Waals surface area (Å²) in [5, 5.41) is 8.42. The second kappa shape index (κ2) is 14.5. The molecule has 12 heteroatoms. The minimum Gasteiger partial charge on any atom is -0.493 e. The molecule has 12 nitrogen and oxygen atoms in total. The van der Waals surface area contributed by atoms with Gasteiger partial charge in [-0.05, 0) is 54.6 Å². The van der Waals surface area contributed by atoms with Gasteiger partial charge in [0.05, 0.1) is 59.3 Å². The van der Waals surface area contributed by atoms with Gasteiger partial charge in [0.15, 0.2) is 34.5 Å². The lowest BCUT2D eigenvalue weighted by Gasteiger charge is -2.16. The molecule has 0 aliphatic rings. The summed E-state index contributed by atoms with van der Waals surface area (Å²) in [7, 11) is 8.69. The van der Waals surface area contributed by atoms with Crippen LogP contribution in [-0.4, -0.2) is 60.4 Å². The molecular formula is C33H33N3O9. The lowest BCUT2D eigenvalue weighted by atomic mass is 10.1. The molecule has 0 aliphatic heterocycles. The van der Waals surface area contributed by atoms with Crippen molar-refractivity contribution in [3.05, 3.63) is 89.5 Å². The fourth-order valence-corrected chi connectivity index (χ4v) is 4.64. The Morgan fingerprint density at radius 1 is 0.422 bits per heavy atom. The number of anilines is 3. The Morgan fingerprint density at radius 2 is 0.689 bits per heavy atom. The van der Waals surface area contributed by atoms with Gasteiger partial charge < -0.3 is 44.4 Å². The number of methoxy groups -OCH3 is 6. The molecule has 0 unspecified atom stereocenters. The highest BCUT2D eigenvalue weighted by Crippen LogP contribution is 2.35. The van der Waals surface area contributed by atoms with E-state index in [1.807, 2.05) is 0 Å². The van der Waals surface area contributed by atoms with Crippen LogP contribution in [0.25, 0.3) is 0 Å². The van der Waals surface area contributed by atoms with Gasteiger partial charge in [0.1, 0.15) is 0 Å². The highest BCUT2D eigenvalue weighted by Gasteiger charge is 2.21. The van der Waals surface area contributed by atoms with Crippen molar-refractivity contribution in [3.63, 3.8) is 0 Å². The first-order chi connectivity index (χ1) is 21.8. The van der Waals surface area contributed by atoms with Crippen molar-refractivity contribution in [3.8, 4) is 34.5 Å². The van der Waals surface area contributed by atoms with E-state index < -0.39 is 17.7 Å². The third-order valence-electron chi connectivity index (χ3n) is 6.65. The highest BCUT2D eigenvalue weighted by atomic mass is 16.5. The van der Waals surface area contributed by atoms with Crippen LogP contribution in [-0.2, 0) is 0 Å². The number of hydrogen-bond acceptors (Lipinski definition) is 9. The van der Waals surface area contributed by atoms with Crippen LogP contribution < -0.4 is 44.4 Å². The molecule has 45 heavy (non-hydrogen) atoms. The lowest BCUT2D eigenvalue weighted by molar-refractivity contribution is 0.101. The average molecular weight is 616 g/mol. The molecule has 0 saturated heterocycles. The van der Waals surface area contributed by atoms with E-state index in [1.165, 1.54) is 60.9 Å². The molecule has 0 heterocycles. The van der Waals surface area contributed by atoms with E-state index in [-0.39, 0.29) is 51.0 Å². The summed E-state index contributed by atoms with van der Waals surface area (Å²) in [6.45, 7) is 0. The molecule has 3 N–H and O–H groups in total. The fraction of sp³-hybridized carbons (Fsp3) is 0.182. The van der Waals surface area contributed by atoms with Gasteiger partial charge in [0.2, 0.25) is 0 Å². The van der Waals surface area contributed by atoms with Crippen molar-refractivity contribution in [2.45, 2.75) is 0 Å². The van der Waals surface area contributed by atoms with Gasteiger partial charge in [-0.3, -0.25) is 14.4 Å². The molecule has 0 radical (unpaired) electrons. The molecule has 0 bridgehead atoms. The fourth-order valence-electron chi connectivity index (χ4n) is 4.64. The number of carbonyl (C=O) groups is 3. The molecule has 0 spiro atoms. The maximum absolute atomic E-state index is 13.4. The number of para-hydroxylation sites is 3. The van der Waals surface area contributed by atoms with Crippen LogP contribution in [0.4, 0.5) is 17.1 Å². The van der Waals surface area contributed by atoms with Crippen LogP contribution in [0, 0.1) is 0 Å². The Morgan fingerprint density at radius 3 is 0.911 bits per heavy atom. The zero-order chi connectivity index (χ0) is 32.5. The predicted octanol–water partition coefficient (Wildman–Crippen LogP) is 5.50. The summed E-state index contributed by atoms with van der Waals surface area (Å²) < 4.78 is 32.2. The van der Waals surface area contributed by atoms with Crippen molar-refractivity contribution in [2.24, 2.45) is 0 Å². The molecular weight excluding hydrogens is 582 g/mol. The minimum absolute atomic E-state index is 0.208. The van der Waals surface area contributed by atoms with Crippen molar-refractivity contribution >= 4 is 34.8 Å². The molecule has 0 fully saturated rings. The van der Waals surface area contributed by atoms with Gasteiger partial charge in [-0.25, -0.2) is 0 Å². The van der Waals surface area contributed by atoms with Crippen LogP contribution in [0.5, 0.6) is 34.5 Å². The van der Waals surface area contributed by atoms with Crippen LogP contribution in [0.3, 0.4) is 0 Å². The second-order valence-electron chi connectivity index (χ2n) is 9.28. The zero-order valence-corrected chi connectivity index (χ0v) is 25.6. The maximum Gasteiger partial charge on any atom is 0.259 e. The first-order valence-corrected chi connectivity index (χ1v) is 13.5. The normalized spacial score (nSPS) is 10.3. The van der Waals surface area contributed by atoms with Crippen LogP contribution in [0.1, 0.15) is 31.1 Å². The van der Waals surface area contributed by atoms with Crippen molar-refractivity contribution in [1.82, 2.24) is 0 Å². The Hall–Kier alpha value is -5.91. The molecule has 0 saturated carbocycles. The zero-order valence-electron chi connectivity index (χ0n) is 25.6. The van der Waals surface area contributed by atoms with Gasteiger partial charge in [-0.1, -0.05) is 18.2 Å². The summed E-state index contributed by atoms with van der Waals surface area (Å²) in [6.07, 6.45) is 0. The first-order valence-electron chi connectivity index (χ1n) is 13.5. The Labute approximate surface area is 260 Å². The molecule has 0 atom stereocenters. The number of ether oxygens (including phenoxy) is 6. The standard InChI is InChI=1S/C33H33N3O9/c1-40-25-13-7-10-22(28(25)43-4)31(37)34-19-16-20(35-32(38)23-11-8-14-26(41-2)29(23)44-5)18-21(17-19)36-33(39)24-12-9-15-27(42-3)30(24)45-6/h7-18H,1-6H3,(H,34,37)(H,35,38)(H,36,39). The van der Waals surface area contributed by atoms with E-state index in [0.29, 0.717) is 17.2 Å². The van der Waals surface area contributed by atoms with Crippen molar-refractivity contribution in [1.29, 1.82) is 0 Å². The molecule has 4 aromatic carbocycles. The van der Waals surface area contributed by atoms with E-state index >= 15 is 0 Å². The number of nitrogens with one attached hydrogen (secondary N) is 3. The van der Waals surface area contributed by atoms with Crippen LogP contribution >= 0.6 is 0 Å². The maximum atomic E-state index is 13.4. The molecule has 4 aromatic rings. The van der Waals surface area contributed by atoms with E-state index in [4.69, 9.17) is 28.4 Å². The monoisotopic (exact) mass is 615 g/mol. The van der Waals surface area contributed by atoms with Gasteiger partial charge in [0.25, 0.3) is 17.7 Å². The number of hydrogen-bond donors (Lipinski definition) is 3. The van der Waals surface area contributed by atoms with Crippen molar-refractivity contribution in [2.75, 3.05) is 58.6 Å². The summed E-state index contributed by atoms with van der Waals surface area (Å²) in [5.74, 6) is 0.291. The van der Waals surface area contributed by atoms with E-state index in [2.05, 4.69) is 16.0 Å². The van der Waals surface area contributed by atoms with Crippen LogP contribution in [0.15, 0.2) is 72.8 Å². The van der Waals surface area contributed by atoms with Gasteiger partial charge in [0, 0.05) is 17.1 Å². The largest absolute Gasteiger partial charge is 0.493 e. The SMILES string of the molecule is COc1cccc(C(=O)Nc2cc(NC(=O)c3cccc(OC)c3OC)cc(NC(=O)c3cccc(OC)c3OC)c2)c1OC. The molecule has 3 amide bonds. The van der Waals surface area contributed by atoms with Gasteiger partial charge in [-0.15, -0.1) is 0 Å². The molecule has 4 rings (SSSR count). The molecule has 0 aliphatic carbocycles. The Kier molecular flexibility index (Phi) is 10.3. The Balaban J connectivity index is 1.73. The van der Waals surface area contributed by atoms with Crippen LogP contribution in [0.2, 0.25) is 0 Å². The molecule has 234 valence electrons. The van der Waals surface area contributed by atoms with Crippen molar-refractivity contribution < 1.29 is 42.8 Å². The van der Waals surface area contributed by atoms with E-state index in [0.717, 1.165) is 0 Å². The number of benzene rings is 4. The average Bonchev–Trinajstić information content (AvgIpc) is 3.06. The van der Waals surface area contributed by atoms with Gasteiger partial charge >= 0.3 is 0 Å². The number of rotatable bonds is 12. The van der Waals surface area contributed by atoms with Gasteiger partial charge in [-0.2, -0.15) is 0 Å². The highest BCUT2D eigenvalue weighted by molar-refractivity contribution is 6.11. The Bertz CT molecular complexity index is 1510. The summed E-state index contributed by atoms with van der Waals surface area (Å²) >= 11 is 0. The topological polar surface area (TPSA) is 143 Å². The summed E-state index contributed by atoms with van der Waals surface area (Å²) in [6, 6.07) is 19.3.